The van der Waals surface area contributed by atoms with Crippen molar-refractivity contribution in [2.75, 3.05) is 0 Å². The molecule has 0 bridgehead atoms. The fraction of sp³-hybridized carbons (Fsp3) is 0.500. The Bertz CT molecular complexity index is 979. The molecular weight excluding hydrogens is 392 g/mol. The van der Waals surface area contributed by atoms with Gasteiger partial charge >= 0.3 is 0 Å². The van der Waals surface area contributed by atoms with Crippen molar-refractivity contribution in [2.24, 2.45) is 0 Å². The first-order valence-corrected chi connectivity index (χ1v) is 18.1. The molecule has 2 rings (SSSR count). The van der Waals surface area contributed by atoms with Gasteiger partial charge in [0.1, 0.15) is 16.1 Å². The molecule has 2 heteroatoms. The molecule has 0 aromatic heterocycles. The van der Waals surface area contributed by atoms with Crippen LogP contribution in [0.15, 0.2) is 24.3 Å². The third kappa shape index (κ3) is 6.63. The summed E-state index contributed by atoms with van der Waals surface area (Å²) in [5, 5.41) is 2.50. The number of fused-ring (bicyclic) bond motifs is 1. The topological polar surface area (TPSA) is 0 Å². The van der Waals surface area contributed by atoms with Crippen molar-refractivity contribution >= 4 is 26.9 Å². The molecule has 0 fully saturated rings. The molecule has 0 spiro atoms. The van der Waals surface area contributed by atoms with Gasteiger partial charge in [-0.3, -0.25) is 0 Å². The Balaban J connectivity index is 3.02. The Morgan fingerprint density at radius 3 is 1.07 bits per heavy atom. The molecular formula is C28H40Si2. The summed E-state index contributed by atoms with van der Waals surface area (Å²) in [6.07, 6.45) is 0. The number of benzene rings is 2. The van der Waals surface area contributed by atoms with Crippen LogP contribution >= 0.6 is 0 Å². The Morgan fingerprint density at radius 1 is 0.533 bits per heavy atom. The molecule has 2 aromatic rings. The lowest BCUT2D eigenvalue weighted by Gasteiger charge is -2.24. The van der Waals surface area contributed by atoms with Crippen LogP contribution in [0.1, 0.15) is 63.8 Å². The van der Waals surface area contributed by atoms with Crippen LogP contribution in [-0.4, -0.2) is 16.1 Å². The molecule has 0 aliphatic rings. The van der Waals surface area contributed by atoms with Gasteiger partial charge < -0.3 is 0 Å². The van der Waals surface area contributed by atoms with E-state index >= 15 is 0 Å². The summed E-state index contributed by atoms with van der Waals surface area (Å²) < 4.78 is 0. The highest BCUT2D eigenvalue weighted by atomic mass is 28.3. The van der Waals surface area contributed by atoms with E-state index in [2.05, 4.69) is 128 Å². The summed E-state index contributed by atoms with van der Waals surface area (Å²) >= 11 is 0. The van der Waals surface area contributed by atoms with E-state index < -0.39 is 16.1 Å². The molecule has 0 radical (unpaired) electrons. The zero-order valence-electron chi connectivity index (χ0n) is 21.3. The molecule has 0 nitrogen and oxygen atoms in total. The molecule has 0 atom stereocenters. The lowest BCUT2D eigenvalue weighted by atomic mass is 9.80. The van der Waals surface area contributed by atoms with Gasteiger partial charge in [-0.2, -0.15) is 0 Å². The highest BCUT2D eigenvalue weighted by Crippen LogP contribution is 2.34. The second kappa shape index (κ2) is 8.07. The molecule has 0 aliphatic heterocycles. The smallest absolute Gasteiger partial charge is 0.127 e. The molecule has 0 saturated heterocycles. The minimum absolute atomic E-state index is 0.0654. The van der Waals surface area contributed by atoms with Crippen molar-refractivity contribution in [1.82, 2.24) is 0 Å². The predicted octanol–water partition coefficient (Wildman–Crippen LogP) is 7.89. The van der Waals surface area contributed by atoms with Crippen LogP contribution < -0.4 is 0 Å². The van der Waals surface area contributed by atoms with Crippen LogP contribution in [0, 0.1) is 22.9 Å². The van der Waals surface area contributed by atoms with Gasteiger partial charge in [0, 0.05) is 11.1 Å². The van der Waals surface area contributed by atoms with E-state index in [1.165, 1.54) is 21.9 Å². The Morgan fingerprint density at radius 2 is 0.833 bits per heavy atom. The van der Waals surface area contributed by atoms with Crippen LogP contribution in [-0.2, 0) is 10.8 Å². The highest BCUT2D eigenvalue weighted by molar-refractivity contribution is 6.84. The molecule has 0 heterocycles. The standard InChI is InChI=1S/C28H40Si2/c1-27(2,3)23-17-21(13-15-29(7,8)9)26-20-24(28(4,5)6)18-22(25(26)19-23)14-16-30(10,11)12/h17-20H,1-12H3. The minimum Gasteiger partial charge on any atom is -0.127 e. The molecule has 0 amide bonds. The van der Waals surface area contributed by atoms with Gasteiger partial charge in [-0.05, 0) is 57.0 Å². The molecule has 2 aromatic carbocycles. The average Bonchev–Trinajstić information content (AvgIpc) is 2.53. The monoisotopic (exact) mass is 432 g/mol. The maximum atomic E-state index is 3.60. The van der Waals surface area contributed by atoms with E-state index in [1.807, 2.05) is 0 Å². The van der Waals surface area contributed by atoms with Crippen molar-refractivity contribution in [3.8, 4) is 22.9 Å². The van der Waals surface area contributed by atoms with Crippen LogP contribution in [0.5, 0.6) is 0 Å². The summed E-state index contributed by atoms with van der Waals surface area (Å²) in [6.45, 7) is 27.5. The first-order valence-electron chi connectivity index (χ1n) is 11.1. The SMILES string of the molecule is CC(C)(C)c1cc(C#C[Si](C)(C)C)c2cc(C(C)(C)C)cc(C#C[Si](C)(C)C)c2c1. The Labute approximate surface area is 187 Å². The lowest BCUT2D eigenvalue weighted by Crippen LogP contribution is -2.17. The van der Waals surface area contributed by atoms with Gasteiger partial charge in [-0.15, -0.1) is 11.1 Å². The third-order valence-corrected chi connectivity index (χ3v) is 6.70. The number of hydrogen-bond acceptors (Lipinski definition) is 0. The largest absolute Gasteiger partial charge is 0.129 e. The van der Waals surface area contributed by atoms with Crippen LogP contribution in [0.25, 0.3) is 10.8 Å². The molecule has 30 heavy (non-hydrogen) atoms. The number of hydrogen-bond donors (Lipinski definition) is 0. The fourth-order valence-corrected chi connectivity index (χ4v) is 4.06. The second-order valence-electron chi connectivity index (χ2n) is 12.6. The Kier molecular flexibility index (Phi) is 6.59. The van der Waals surface area contributed by atoms with Crippen LogP contribution in [0.2, 0.25) is 39.3 Å². The second-order valence-corrected chi connectivity index (χ2v) is 22.1. The van der Waals surface area contributed by atoms with Gasteiger partial charge in [0.2, 0.25) is 0 Å². The van der Waals surface area contributed by atoms with Crippen molar-refractivity contribution in [3.05, 3.63) is 46.5 Å². The van der Waals surface area contributed by atoms with Gasteiger partial charge in [-0.25, -0.2) is 0 Å². The van der Waals surface area contributed by atoms with E-state index in [4.69, 9.17) is 0 Å². The van der Waals surface area contributed by atoms with E-state index in [1.54, 1.807) is 0 Å². The van der Waals surface area contributed by atoms with E-state index in [0.717, 1.165) is 11.1 Å². The lowest BCUT2D eigenvalue weighted by molar-refractivity contribution is 0.589. The maximum Gasteiger partial charge on any atom is 0.129 e. The van der Waals surface area contributed by atoms with Crippen molar-refractivity contribution in [2.45, 2.75) is 91.7 Å². The normalized spacial score (nSPS) is 12.8. The van der Waals surface area contributed by atoms with Gasteiger partial charge in [-0.1, -0.05) is 92.7 Å². The summed E-state index contributed by atoms with van der Waals surface area (Å²) in [5.41, 5.74) is 12.3. The van der Waals surface area contributed by atoms with Crippen molar-refractivity contribution in [1.29, 1.82) is 0 Å². The summed E-state index contributed by atoms with van der Waals surface area (Å²) in [4.78, 5) is 0. The molecule has 0 unspecified atom stereocenters. The summed E-state index contributed by atoms with van der Waals surface area (Å²) in [7, 11) is -2.96. The van der Waals surface area contributed by atoms with Crippen LogP contribution in [0.4, 0.5) is 0 Å². The highest BCUT2D eigenvalue weighted by Gasteiger charge is 2.21. The van der Waals surface area contributed by atoms with E-state index in [0.29, 0.717) is 0 Å². The molecule has 0 aliphatic carbocycles. The van der Waals surface area contributed by atoms with Crippen molar-refractivity contribution < 1.29 is 0 Å². The summed E-state index contributed by atoms with van der Waals surface area (Å²) in [6, 6.07) is 9.35. The van der Waals surface area contributed by atoms with Crippen molar-refractivity contribution in [3.63, 3.8) is 0 Å². The molecule has 0 saturated carbocycles. The minimum atomic E-state index is -1.48. The maximum absolute atomic E-state index is 3.60. The van der Waals surface area contributed by atoms with E-state index in [-0.39, 0.29) is 10.8 Å². The first kappa shape index (κ1) is 24.5. The van der Waals surface area contributed by atoms with Gasteiger partial charge in [0.15, 0.2) is 0 Å². The zero-order valence-corrected chi connectivity index (χ0v) is 23.3. The summed E-state index contributed by atoms with van der Waals surface area (Å²) in [5.74, 6) is 7.18. The van der Waals surface area contributed by atoms with Gasteiger partial charge in [0.05, 0.1) is 0 Å². The third-order valence-electron chi connectivity index (χ3n) is 4.95. The van der Waals surface area contributed by atoms with E-state index in [9.17, 15) is 0 Å². The van der Waals surface area contributed by atoms with Gasteiger partial charge in [0.25, 0.3) is 0 Å². The predicted molar refractivity (Wildman–Crippen MR) is 142 cm³/mol. The Hall–Kier alpha value is -1.75. The quantitative estimate of drug-likeness (QED) is 0.293. The molecule has 0 N–H and O–H groups in total. The number of rotatable bonds is 0. The average molecular weight is 433 g/mol. The first-order chi connectivity index (χ1) is 13.4. The van der Waals surface area contributed by atoms with Crippen LogP contribution in [0.3, 0.4) is 0 Å². The fourth-order valence-electron chi connectivity index (χ4n) is 3.04. The zero-order chi connectivity index (χ0) is 23.1. The molecule has 160 valence electrons.